The molecule has 2 fully saturated rings. The first-order chi connectivity index (χ1) is 13.8. The quantitative estimate of drug-likeness (QED) is 0.780. The molecule has 29 heavy (non-hydrogen) atoms. The fraction of sp³-hybridized carbons (Fsp3) is 0.474. The maximum absolute atomic E-state index is 12.6. The highest BCUT2D eigenvalue weighted by atomic mass is 32.2. The average Bonchev–Trinajstić information content (AvgIpc) is 3.27. The number of nitrogens with zero attached hydrogens (tertiary/aromatic N) is 3. The molecule has 1 aromatic carbocycles. The second-order valence-electron chi connectivity index (χ2n) is 7.49. The van der Waals surface area contributed by atoms with Crippen molar-refractivity contribution in [2.75, 3.05) is 28.3 Å². The number of sulfone groups is 1. The molecule has 3 aliphatic rings. The summed E-state index contributed by atoms with van der Waals surface area (Å²) in [5, 5.41) is 8.09. The Balaban J connectivity index is 1.44. The maximum Gasteiger partial charge on any atom is 0.271 e. The van der Waals surface area contributed by atoms with E-state index in [0.29, 0.717) is 25.1 Å². The molecule has 3 aliphatic heterocycles. The molecule has 154 valence electrons. The average molecular weight is 418 g/mol. The van der Waals surface area contributed by atoms with Crippen molar-refractivity contribution >= 4 is 44.6 Å². The molecule has 0 radical (unpaired) electrons. The molecule has 1 aromatic rings. The number of hydrogen-bond acceptors (Lipinski definition) is 6. The van der Waals surface area contributed by atoms with Gasteiger partial charge < -0.3 is 10.2 Å². The van der Waals surface area contributed by atoms with E-state index in [0.717, 1.165) is 12.1 Å². The topological polar surface area (TPSA) is 116 Å². The number of carbonyl (C=O) groups excluding carboxylic acids is 3. The van der Waals surface area contributed by atoms with Gasteiger partial charge in [-0.15, -0.1) is 0 Å². The summed E-state index contributed by atoms with van der Waals surface area (Å²) in [7, 11) is -3.16. The number of amides is 3. The SMILES string of the molecule is O=C(Nc1ccc(N2CCCC2=O)cc1)C1=NN(C2CCS(=O)(=O)C2)C(=O)CC1. The van der Waals surface area contributed by atoms with Crippen LogP contribution in [0.15, 0.2) is 29.4 Å². The predicted molar refractivity (Wildman–Crippen MR) is 107 cm³/mol. The summed E-state index contributed by atoms with van der Waals surface area (Å²) in [4.78, 5) is 38.3. The molecule has 0 aromatic heterocycles. The molecule has 0 spiro atoms. The minimum absolute atomic E-state index is 0.0321. The molecular formula is C19H22N4O5S. The lowest BCUT2D eigenvalue weighted by Gasteiger charge is -2.27. The largest absolute Gasteiger partial charge is 0.321 e. The van der Waals surface area contributed by atoms with Gasteiger partial charge in [0.15, 0.2) is 9.84 Å². The van der Waals surface area contributed by atoms with Gasteiger partial charge in [0.2, 0.25) is 11.8 Å². The van der Waals surface area contributed by atoms with E-state index in [1.807, 2.05) is 0 Å². The van der Waals surface area contributed by atoms with Crippen molar-refractivity contribution in [3.63, 3.8) is 0 Å². The summed E-state index contributed by atoms with van der Waals surface area (Å²) in [5.74, 6) is -0.674. The maximum atomic E-state index is 12.6. The third-order valence-electron chi connectivity index (χ3n) is 5.39. The van der Waals surface area contributed by atoms with Gasteiger partial charge >= 0.3 is 0 Å². The Morgan fingerprint density at radius 3 is 2.45 bits per heavy atom. The molecule has 1 atom stereocenters. The lowest BCUT2D eigenvalue weighted by molar-refractivity contribution is -0.133. The van der Waals surface area contributed by atoms with Crippen molar-refractivity contribution in [1.29, 1.82) is 0 Å². The minimum atomic E-state index is -3.16. The van der Waals surface area contributed by atoms with Crippen LogP contribution in [0.5, 0.6) is 0 Å². The van der Waals surface area contributed by atoms with E-state index in [4.69, 9.17) is 0 Å². The van der Waals surface area contributed by atoms with E-state index in [1.165, 1.54) is 5.01 Å². The van der Waals surface area contributed by atoms with E-state index in [9.17, 15) is 22.8 Å². The van der Waals surface area contributed by atoms with E-state index in [2.05, 4.69) is 10.4 Å². The van der Waals surface area contributed by atoms with Gasteiger partial charge in [0.1, 0.15) is 5.71 Å². The van der Waals surface area contributed by atoms with Gasteiger partial charge in [-0.1, -0.05) is 0 Å². The lowest BCUT2D eigenvalue weighted by atomic mass is 10.1. The Bertz CT molecular complexity index is 986. The highest BCUT2D eigenvalue weighted by Crippen LogP contribution is 2.24. The number of anilines is 2. The summed E-state index contributed by atoms with van der Waals surface area (Å²) in [6.45, 7) is 0.697. The molecule has 1 unspecified atom stereocenters. The van der Waals surface area contributed by atoms with E-state index >= 15 is 0 Å². The first kappa shape index (κ1) is 19.6. The van der Waals surface area contributed by atoms with Crippen molar-refractivity contribution in [1.82, 2.24) is 5.01 Å². The molecule has 3 amide bonds. The number of benzene rings is 1. The van der Waals surface area contributed by atoms with Crippen molar-refractivity contribution in [3.8, 4) is 0 Å². The zero-order chi connectivity index (χ0) is 20.6. The van der Waals surface area contributed by atoms with Crippen LogP contribution in [-0.4, -0.2) is 61.0 Å². The standard InChI is InChI=1S/C19H22N4O5S/c24-17-2-1-10-22(17)14-5-3-13(4-6-14)20-19(26)16-7-8-18(25)23(21-16)15-9-11-29(27,28)12-15/h3-6,15H,1-2,7-12H2,(H,20,26). The van der Waals surface area contributed by atoms with Crippen LogP contribution in [-0.2, 0) is 24.2 Å². The van der Waals surface area contributed by atoms with Gasteiger partial charge in [0.25, 0.3) is 5.91 Å². The molecule has 4 rings (SSSR count). The Labute approximate surface area is 168 Å². The molecule has 0 bridgehead atoms. The van der Waals surface area contributed by atoms with Gasteiger partial charge in [-0.2, -0.15) is 5.10 Å². The van der Waals surface area contributed by atoms with Crippen LogP contribution in [0.4, 0.5) is 11.4 Å². The Hall–Kier alpha value is -2.75. The van der Waals surface area contributed by atoms with Crippen LogP contribution < -0.4 is 10.2 Å². The second-order valence-corrected chi connectivity index (χ2v) is 9.72. The monoisotopic (exact) mass is 418 g/mol. The number of rotatable bonds is 4. The van der Waals surface area contributed by atoms with Gasteiger partial charge in [-0.25, -0.2) is 13.4 Å². The normalized spacial score (nSPS) is 24.0. The Morgan fingerprint density at radius 1 is 1.07 bits per heavy atom. The van der Waals surface area contributed by atoms with Crippen molar-refractivity contribution in [2.24, 2.45) is 5.10 Å². The van der Waals surface area contributed by atoms with Crippen molar-refractivity contribution in [3.05, 3.63) is 24.3 Å². The zero-order valence-corrected chi connectivity index (χ0v) is 16.7. The van der Waals surface area contributed by atoms with Crippen molar-refractivity contribution in [2.45, 2.75) is 38.1 Å². The number of hydrogen-bond donors (Lipinski definition) is 1. The minimum Gasteiger partial charge on any atom is -0.321 e. The fourth-order valence-electron chi connectivity index (χ4n) is 3.84. The Morgan fingerprint density at radius 2 is 1.83 bits per heavy atom. The predicted octanol–water partition coefficient (Wildman–Crippen LogP) is 0.917. The van der Waals surface area contributed by atoms with Crippen LogP contribution in [0, 0.1) is 0 Å². The van der Waals surface area contributed by atoms with E-state index in [1.54, 1.807) is 29.2 Å². The number of carbonyl (C=O) groups is 3. The van der Waals surface area contributed by atoms with Gasteiger partial charge in [0.05, 0.1) is 17.5 Å². The van der Waals surface area contributed by atoms with Crippen LogP contribution in [0.2, 0.25) is 0 Å². The summed E-state index contributed by atoms with van der Waals surface area (Å²) < 4.78 is 23.4. The summed E-state index contributed by atoms with van der Waals surface area (Å²) >= 11 is 0. The molecule has 2 saturated heterocycles. The van der Waals surface area contributed by atoms with E-state index in [-0.39, 0.29) is 41.9 Å². The third-order valence-corrected chi connectivity index (χ3v) is 7.14. The van der Waals surface area contributed by atoms with E-state index < -0.39 is 21.8 Å². The van der Waals surface area contributed by atoms with Gasteiger partial charge in [-0.05, 0) is 37.1 Å². The second kappa shape index (κ2) is 7.58. The molecule has 9 nitrogen and oxygen atoms in total. The molecule has 1 N–H and O–H groups in total. The Kier molecular flexibility index (Phi) is 5.12. The summed E-state index contributed by atoms with van der Waals surface area (Å²) in [6, 6.07) is 6.48. The van der Waals surface area contributed by atoms with Crippen molar-refractivity contribution < 1.29 is 22.8 Å². The van der Waals surface area contributed by atoms with Crippen LogP contribution in [0.3, 0.4) is 0 Å². The summed E-state index contributed by atoms with van der Waals surface area (Å²) in [5.41, 5.74) is 1.55. The highest BCUT2D eigenvalue weighted by Gasteiger charge is 2.37. The van der Waals surface area contributed by atoms with Gasteiger partial charge in [0, 0.05) is 37.2 Å². The van der Waals surface area contributed by atoms with Crippen LogP contribution >= 0.6 is 0 Å². The first-order valence-electron chi connectivity index (χ1n) is 9.64. The lowest BCUT2D eigenvalue weighted by Crippen LogP contribution is -2.42. The first-order valence-corrected chi connectivity index (χ1v) is 11.5. The third kappa shape index (κ3) is 4.16. The summed E-state index contributed by atoms with van der Waals surface area (Å²) in [6.07, 6.45) is 2.06. The van der Waals surface area contributed by atoms with Crippen LogP contribution in [0.1, 0.15) is 32.1 Å². The van der Waals surface area contributed by atoms with Crippen LogP contribution in [0.25, 0.3) is 0 Å². The van der Waals surface area contributed by atoms with Gasteiger partial charge in [-0.3, -0.25) is 14.4 Å². The molecule has 10 heteroatoms. The fourth-order valence-corrected chi connectivity index (χ4v) is 5.53. The zero-order valence-electron chi connectivity index (χ0n) is 15.8. The molecule has 0 saturated carbocycles. The molecular weight excluding hydrogens is 396 g/mol. The molecule has 3 heterocycles. The smallest absolute Gasteiger partial charge is 0.271 e. The molecule has 0 aliphatic carbocycles. The highest BCUT2D eigenvalue weighted by molar-refractivity contribution is 7.91. The number of nitrogens with one attached hydrogen (secondary N) is 1. The number of hydrazone groups is 1.